The second-order valence-corrected chi connectivity index (χ2v) is 8.91. The molecule has 0 saturated heterocycles. The van der Waals surface area contributed by atoms with Crippen LogP contribution in [0.3, 0.4) is 0 Å². The van der Waals surface area contributed by atoms with Crippen LogP contribution in [0.2, 0.25) is 0 Å². The molecule has 1 aliphatic rings. The maximum atomic E-state index is 12.9. The van der Waals surface area contributed by atoms with Crippen molar-refractivity contribution in [1.82, 2.24) is 5.32 Å². The third kappa shape index (κ3) is 6.06. The third-order valence-electron chi connectivity index (χ3n) is 4.80. The normalized spacial score (nSPS) is 15.9. The fourth-order valence-corrected chi connectivity index (χ4v) is 4.34. The highest BCUT2D eigenvalue weighted by atomic mass is 32.2. The molecule has 1 aliphatic heterocycles. The molecule has 3 rings (SSSR count). The van der Waals surface area contributed by atoms with E-state index in [-0.39, 0.29) is 41.2 Å². The SMILES string of the molecule is C[C@@H](CCc1ccccc1)NC(=O)CCC1=NS(=O)(=O)c2ccc(C(F)(F)F)cc2N1. The van der Waals surface area contributed by atoms with Gasteiger partial charge in [0.15, 0.2) is 0 Å². The lowest BCUT2D eigenvalue weighted by atomic mass is 10.1. The first-order valence-corrected chi connectivity index (χ1v) is 11.1. The van der Waals surface area contributed by atoms with E-state index in [4.69, 9.17) is 0 Å². The van der Waals surface area contributed by atoms with Crippen molar-refractivity contribution < 1.29 is 26.4 Å². The molecule has 1 atom stereocenters. The molecule has 10 heteroatoms. The standard InChI is InChI=1S/C21H22F3N3O3S/c1-14(7-8-15-5-3-2-4-6-15)25-20(28)12-11-19-26-17-13-16(21(22,23)24)9-10-18(17)31(29,30)27-19/h2-6,9-10,13-14H,7-8,11-12H2,1H3,(H,25,28)(H,26,27)/t14-/m0/s1. The number of carbonyl (C=O) groups is 1. The van der Waals surface area contributed by atoms with Crippen molar-refractivity contribution in [2.45, 2.75) is 49.7 Å². The van der Waals surface area contributed by atoms with E-state index >= 15 is 0 Å². The van der Waals surface area contributed by atoms with Crippen LogP contribution in [-0.4, -0.2) is 26.2 Å². The molecule has 2 N–H and O–H groups in total. The lowest BCUT2D eigenvalue weighted by molar-refractivity contribution is -0.137. The number of halogens is 3. The second kappa shape index (κ2) is 9.09. The van der Waals surface area contributed by atoms with Gasteiger partial charge in [-0.15, -0.1) is 4.40 Å². The number of fused-ring (bicyclic) bond motifs is 1. The summed E-state index contributed by atoms with van der Waals surface area (Å²) < 4.78 is 66.9. The summed E-state index contributed by atoms with van der Waals surface area (Å²) in [6.45, 7) is 1.87. The van der Waals surface area contributed by atoms with E-state index < -0.39 is 21.8 Å². The van der Waals surface area contributed by atoms with Gasteiger partial charge in [-0.05, 0) is 43.5 Å². The van der Waals surface area contributed by atoms with Gasteiger partial charge in [0.25, 0.3) is 10.0 Å². The predicted molar refractivity (Wildman–Crippen MR) is 111 cm³/mol. The van der Waals surface area contributed by atoms with E-state index in [0.29, 0.717) is 6.07 Å². The fourth-order valence-electron chi connectivity index (χ4n) is 3.19. The van der Waals surface area contributed by atoms with E-state index in [1.165, 1.54) is 0 Å². The maximum absolute atomic E-state index is 12.9. The Balaban J connectivity index is 1.57. The average molecular weight is 453 g/mol. The minimum absolute atomic E-state index is 0.0495. The summed E-state index contributed by atoms with van der Waals surface area (Å²) >= 11 is 0. The number of sulfonamides is 1. The van der Waals surface area contributed by atoms with E-state index in [1.807, 2.05) is 37.3 Å². The molecule has 0 radical (unpaired) electrons. The minimum Gasteiger partial charge on any atom is -0.354 e. The molecule has 0 fully saturated rings. The molecule has 0 spiro atoms. The Hall–Kier alpha value is -2.88. The summed E-state index contributed by atoms with van der Waals surface area (Å²) in [5.74, 6) is -0.365. The van der Waals surface area contributed by atoms with Gasteiger partial charge in [-0.3, -0.25) is 4.79 Å². The van der Waals surface area contributed by atoms with Crippen LogP contribution in [0.15, 0.2) is 57.8 Å². The predicted octanol–water partition coefficient (Wildman–Crippen LogP) is 4.14. The highest BCUT2D eigenvalue weighted by molar-refractivity contribution is 7.90. The molecule has 0 bridgehead atoms. The van der Waals surface area contributed by atoms with Gasteiger partial charge in [-0.25, -0.2) is 0 Å². The minimum atomic E-state index is -4.61. The van der Waals surface area contributed by atoms with E-state index in [2.05, 4.69) is 15.0 Å². The number of hydrogen-bond acceptors (Lipinski definition) is 4. The highest BCUT2D eigenvalue weighted by Gasteiger charge is 2.33. The smallest absolute Gasteiger partial charge is 0.354 e. The van der Waals surface area contributed by atoms with Crippen LogP contribution in [0.4, 0.5) is 18.9 Å². The molecule has 166 valence electrons. The Morgan fingerprint density at radius 2 is 1.84 bits per heavy atom. The maximum Gasteiger partial charge on any atom is 0.416 e. The van der Waals surface area contributed by atoms with Gasteiger partial charge in [-0.2, -0.15) is 21.6 Å². The number of nitrogens with zero attached hydrogens (tertiary/aromatic N) is 1. The van der Waals surface area contributed by atoms with Crippen LogP contribution in [0, 0.1) is 0 Å². The topological polar surface area (TPSA) is 87.6 Å². The number of amides is 1. The van der Waals surface area contributed by atoms with Gasteiger partial charge in [-0.1, -0.05) is 30.3 Å². The van der Waals surface area contributed by atoms with Gasteiger partial charge in [0.2, 0.25) is 5.91 Å². The number of amidine groups is 1. The number of hydrogen-bond donors (Lipinski definition) is 2. The molecule has 2 aromatic carbocycles. The van der Waals surface area contributed by atoms with Crippen LogP contribution >= 0.6 is 0 Å². The van der Waals surface area contributed by atoms with Crippen LogP contribution in [-0.2, 0) is 27.4 Å². The molecule has 0 saturated carbocycles. The highest BCUT2D eigenvalue weighted by Crippen LogP contribution is 2.35. The Kier molecular flexibility index (Phi) is 6.68. The summed E-state index contributed by atoms with van der Waals surface area (Å²) in [6.07, 6.45) is -3.17. The first-order valence-electron chi connectivity index (χ1n) is 9.70. The number of benzene rings is 2. The molecule has 0 aromatic heterocycles. The molecule has 1 amide bonds. The quantitative estimate of drug-likeness (QED) is 0.660. The summed E-state index contributed by atoms with van der Waals surface area (Å²) in [4.78, 5) is 11.9. The fraction of sp³-hybridized carbons (Fsp3) is 0.333. The van der Waals surface area contributed by atoms with Crippen molar-refractivity contribution in [1.29, 1.82) is 0 Å². The number of nitrogens with one attached hydrogen (secondary N) is 2. The Labute approximate surface area is 178 Å². The lowest BCUT2D eigenvalue weighted by Gasteiger charge is -2.20. The molecule has 0 aliphatic carbocycles. The van der Waals surface area contributed by atoms with Crippen molar-refractivity contribution in [3.8, 4) is 0 Å². The number of alkyl halides is 3. The van der Waals surface area contributed by atoms with Crippen molar-refractivity contribution in [2.24, 2.45) is 4.40 Å². The van der Waals surface area contributed by atoms with Crippen molar-refractivity contribution in [3.63, 3.8) is 0 Å². The first-order chi connectivity index (χ1) is 14.5. The summed E-state index contributed by atoms with van der Waals surface area (Å²) in [5, 5.41) is 5.45. The van der Waals surface area contributed by atoms with Crippen LogP contribution in [0.1, 0.15) is 37.3 Å². The molecule has 6 nitrogen and oxygen atoms in total. The van der Waals surface area contributed by atoms with Gasteiger partial charge in [0.1, 0.15) is 10.7 Å². The molecular weight excluding hydrogens is 431 g/mol. The average Bonchev–Trinajstić information content (AvgIpc) is 2.70. The van der Waals surface area contributed by atoms with Gasteiger partial charge in [0.05, 0.1) is 11.3 Å². The monoisotopic (exact) mass is 453 g/mol. The Morgan fingerprint density at radius 3 is 2.52 bits per heavy atom. The number of carbonyl (C=O) groups excluding carboxylic acids is 1. The van der Waals surface area contributed by atoms with E-state index in [1.54, 1.807) is 0 Å². The van der Waals surface area contributed by atoms with Crippen LogP contribution in [0.25, 0.3) is 0 Å². The lowest BCUT2D eigenvalue weighted by Crippen LogP contribution is -2.33. The van der Waals surface area contributed by atoms with Gasteiger partial charge in [0, 0.05) is 18.9 Å². The van der Waals surface area contributed by atoms with E-state index in [0.717, 1.165) is 30.5 Å². The number of anilines is 1. The number of aryl methyl sites for hydroxylation is 1. The second-order valence-electron chi connectivity index (χ2n) is 7.34. The summed E-state index contributed by atoms with van der Waals surface area (Å²) in [7, 11) is -4.14. The van der Waals surface area contributed by atoms with E-state index in [9.17, 15) is 26.4 Å². The van der Waals surface area contributed by atoms with Gasteiger partial charge < -0.3 is 10.6 Å². The largest absolute Gasteiger partial charge is 0.416 e. The van der Waals surface area contributed by atoms with Gasteiger partial charge >= 0.3 is 6.18 Å². The zero-order valence-electron chi connectivity index (χ0n) is 16.7. The summed E-state index contributed by atoms with van der Waals surface area (Å²) in [6, 6.07) is 12.0. The molecule has 1 heterocycles. The van der Waals surface area contributed by atoms with Crippen molar-refractivity contribution in [2.75, 3.05) is 5.32 Å². The molecule has 0 unspecified atom stereocenters. The first kappa shape index (κ1) is 22.8. The summed E-state index contributed by atoms with van der Waals surface area (Å²) in [5.41, 5.74) is -0.0110. The third-order valence-corrected chi connectivity index (χ3v) is 6.17. The van der Waals surface area contributed by atoms with Crippen LogP contribution in [0.5, 0.6) is 0 Å². The van der Waals surface area contributed by atoms with Crippen molar-refractivity contribution in [3.05, 3.63) is 59.7 Å². The molecular formula is C21H22F3N3O3S. The zero-order chi connectivity index (χ0) is 22.6. The number of rotatable bonds is 7. The zero-order valence-corrected chi connectivity index (χ0v) is 17.6. The van der Waals surface area contributed by atoms with Crippen molar-refractivity contribution >= 4 is 27.5 Å². The Bertz CT molecular complexity index is 1080. The molecule has 2 aromatic rings. The van der Waals surface area contributed by atoms with Crippen LogP contribution < -0.4 is 10.6 Å². The Morgan fingerprint density at radius 1 is 1.13 bits per heavy atom. The molecule has 31 heavy (non-hydrogen) atoms.